The highest BCUT2D eigenvalue weighted by Gasteiger charge is 2.26. The van der Waals surface area contributed by atoms with Crippen molar-refractivity contribution in [3.8, 4) is 16.9 Å². The normalized spacial score (nSPS) is 11.0. The Bertz CT molecular complexity index is 1340. The Morgan fingerprint density at radius 1 is 0.486 bits per heavy atom. The maximum atomic E-state index is 13.5. The van der Waals surface area contributed by atoms with Crippen LogP contribution in [0.1, 0.15) is 0 Å². The van der Waals surface area contributed by atoms with E-state index in [-0.39, 0.29) is 5.97 Å². The Labute approximate surface area is 206 Å². The van der Waals surface area contributed by atoms with E-state index >= 15 is 0 Å². The molecule has 0 radical (unpaired) electrons. The fraction of sp³-hybridized carbons (Fsp3) is 0. The highest BCUT2D eigenvalue weighted by atomic mass is 31.2. The first-order valence-corrected chi connectivity index (χ1v) is 13.4. The van der Waals surface area contributed by atoms with Crippen LogP contribution in [0.2, 0.25) is 0 Å². The molecule has 5 aromatic carbocycles. The average molecular weight is 473 g/mol. The first-order valence-electron chi connectivity index (χ1n) is 11.5. The summed E-state index contributed by atoms with van der Waals surface area (Å²) in [6.07, 6.45) is 0. The van der Waals surface area contributed by atoms with Gasteiger partial charge in [-0.2, -0.15) is 0 Å². The molecule has 0 fully saturated rings. The van der Waals surface area contributed by atoms with Gasteiger partial charge in [0.2, 0.25) is 0 Å². The number of esters is 1. The predicted octanol–water partition coefficient (Wildman–Crippen LogP) is 6.06. The molecule has 0 amide bonds. The molecule has 5 aromatic rings. The van der Waals surface area contributed by atoms with E-state index in [0.29, 0.717) is 5.75 Å². The quantitative estimate of drug-likeness (QED) is 0.171. The zero-order chi connectivity index (χ0) is 23.9. The molecule has 0 heterocycles. The average Bonchev–Trinajstić information content (AvgIpc) is 2.94. The number of carbonyl (C=O) groups is 1. The van der Waals surface area contributed by atoms with Crippen molar-refractivity contribution in [3.05, 3.63) is 146 Å². The monoisotopic (exact) mass is 472 g/mol. The van der Waals surface area contributed by atoms with Crippen LogP contribution in [0.25, 0.3) is 11.1 Å². The third kappa shape index (κ3) is 4.89. The number of rotatable bonds is 6. The van der Waals surface area contributed by atoms with E-state index in [2.05, 4.69) is 48.5 Å². The van der Waals surface area contributed by atoms with E-state index in [1.54, 1.807) is 5.80 Å². The molecule has 0 saturated heterocycles. The smallest absolute Gasteiger partial charge is 0.337 e. The van der Waals surface area contributed by atoms with Crippen LogP contribution in [0.15, 0.2) is 146 Å². The molecule has 2 nitrogen and oxygen atoms in total. The van der Waals surface area contributed by atoms with Gasteiger partial charge < -0.3 is 4.74 Å². The summed E-state index contributed by atoms with van der Waals surface area (Å²) in [5.41, 5.74) is 2.20. The van der Waals surface area contributed by atoms with Gasteiger partial charge in [-0.15, -0.1) is 0 Å². The van der Waals surface area contributed by atoms with Crippen molar-refractivity contribution >= 4 is 34.6 Å². The summed E-state index contributed by atoms with van der Waals surface area (Å²) in [4.78, 5) is 13.5. The van der Waals surface area contributed by atoms with Crippen molar-refractivity contribution < 1.29 is 9.53 Å². The maximum Gasteiger partial charge on any atom is 0.337 e. The van der Waals surface area contributed by atoms with Crippen molar-refractivity contribution in [1.29, 1.82) is 0 Å². The van der Waals surface area contributed by atoms with Crippen LogP contribution in [0, 0.1) is 0 Å². The lowest BCUT2D eigenvalue weighted by Crippen LogP contribution is -2.29. The topological polar surface area (TPSA) is 26.3 Å². The number of hydrogen-bond acceptors (Lipinski definition) is 2. The van der Waals surface area contributed by atoms with Gasteiger partial charge in [0.1, 0.15) is 5.75 Å². The van der Waals surface area contributed by atoms with E-state index in [1.165, 1.54) is 0 Å². The van der Waals surface area contributed by atoms with E-state index in [1.807, 2.05) is 97.1 Å². The molecule has 0 aliphatic heterocycles. The molecule has 0 aliphatic carbocycles. The van der Waals surface area contributed by atoms with E-state index in [9.17, 15) is 4.79 Å². The molecule has 5 rings (SSSR count). The van der Waals surface area contributed by atoms with Crippen molar-refractivity contribution in [1.82, 2.24) is 0 Å². The second kappa shape index (κ2) is 10.4. The third-order valence-electron chi connectivity index (χ3n) is 5.97. The molecule has 0 spiro atoms. The van der Waals surface area contributed by atoms with Crippen molar-refractivity contribution in [2.75, 3.05) is 0 Å². The molecule has 0 aromatic heterocycles. The molecular formula is C32H25O2P. The highest BCUT2D eigenvalue weighted by molar-refractivity contribution is 7.95. The Hall–Kier alpha value is -4.13. The van der Waals surface area contributed by atoms with Crippen molar-refractivity contribution in [2.45, 2.75) is 0 Å². The molecule has 35 heavy (non-hydrogen) atoms. The first-order chi connectivity index (χ1) is 17.3. The highest BCUT2D eigenvalue weighted by Crippen LogP contribution is 2.43. The Morgan fingerprint density at radius 2 is 0.857 bits per heavy atom. The Morgan fingerprint density at radius 3 is 1.29 bits per heavy atom. The standard InChI is InChI=1S/C32H25O2P/c33-32(34-28-23-21-27(22-24-28)26-13-5-1-6-14-26)25-35(29-15-7-2-8-16-29,30-17-9-3-10-18-30)31-19-11-4-12-20-31/h1-25H. The van der Waals surface area contributed by atoms with Gasteiger partial charge in [-0.3, -0.25) is 0 Å². The number of carbonyl (C=O) groups excluding carboxylic acids is 1. The van der Waals surface area contributed by atoms with Crippen LogP contribution >= 0.6 is 6.89 Å². The van der Waals surface area contributed by atoms with Gasteiger partial charge in [0, 0.05) is 5.80 Å². The summed E-state index contributed by atoms with van der Waals surface area (Å²) in [5.74, 6) is 1.97. The largest absolute Gasteiger partial charge is 0.423 e. The van der Waals surface area contributed by atoms with Crippen LogP contribution in [-0.4, -0.2) is 11.8 Å². The summed E-state index contributed by atoms with van der Waals surface area (Å²) in [5, 5.41) is 3.32. The molecule has 0 unspecified atom stereocenters. The molecule has 0 saturated carbocycles. The Kier molecular flexibility index (Phi) is 6.75. The van der Waals surface area contributed by atoms with Crippen molar-refractivity contribution in [3.63, 3.8) is 0 Å². The third-order valence-corrected chi connectivity index (χ3v) is 9.91. The molecule has 0 atom stereocenters. The minimum absolute atomic E-state index is 0.359. The summed E-state index contributed by atoms with van der Waals surface area (Å²) < 4.78 is 5.86. The molecule has 0 bridgehead atoms. The van der Waals surface area contributed by atoms with Gasteiger partial charge in [-0.05, 0) is 46.1 Å². The SMILES string of the molecule is O=C(C=P(c1ccccc1)(c1ccccc1)c1ccccc1)Oc1ccc(-c2ccccc2)cc1. The lowest BCUT2D eigenvalue weighted by molar-refractivity contribution is -0.126. The number of benzene rings is 5. The van der Waals surface area contributed by atoms with Crippen LogP contribution in [0.3, 0.4) is 0 Å². The molecule has 170 valence electrons. The van der Waals surface area contributed by atoms with Gasteiger partial charge in [0.15, 0.2) is 0 Å². The zero-order valence-corrected chi connectivity index (χ0v) is 20.1. The number of hydrogen-bond donors (Lipinski definition) is 0. The second-order valence-corrected chi connectivity index (χ2v) is 11.4. The van der Waals surface area contributed by atoms with Gasteiger partial charge in [-0.25, -0.2) is 4.79 Å². The zero-order valence-electron chi connectivity index (χ0n) is 19.2. The van der Waals surface area contributed by atoms with Crippen LogP contribution in [-0.2, 0) is 4.79 Å². The van der Waals surface area contributed by atoms with E-state index < -0.39 is 6.89 Å². The van der Waals surface area contributed by atoms with Gasteiger partial charge >= 0.3 is 5.97 Å². The lowest BCUT2D eigenvalue weighted by Gasteiger charge is -2.28. The summed E-state index contributed by atoms with van der Waals surface area (Å²) >= 11 is 0. The summed E-state index contributed by atoms with van der Waals surface area (Å²) in [7, 11) is 0. The lowest BCUT2D eigenvalue weighted by atomic mass is 10.1. The van der Waals surface area contributed by atoms with Gasteiger partial charge in [0.25, 0.3) is 0 Å². The molecule has 3 heteroatoms. The summed E-state index contributed by atoms with van der Waals surface area (Å²) in [6.45, 7) is -2.40. The second-order valence-electron chi connectivity index (χ2n) is 8.17. The van der Waals surface area contributed by atoms with E-state index in [0.717, 1.165) is 27.0 Å². The Balaban J connectivity index is 1.58. The van der Waals surface area contributed by atoms with Crippen LogP contribution < -0.4 is 20.7 Å². The minimum atomic E-state index is -2.40. The van der Waals surface area contributed by atoms with E-state index in [4.69, 9.17) is 4.74 Å². The molecule has 0 aliphatic rings. The predicted molar refractivity (Wildman–Crippen MR) is 149 cm³/mol. The van der Waals surface area contributed by atoms with Gasteiger partial charge in [-0.1, -0.05) is 133 Å². The van der Waals surface area contributed by atoms with Crippen LogP contribution in [0.4, 0.5) is 0 Å². The molecular weight excluding hydrogens is 447 g/mol. The van der Waals surface area contributed by atoms with Gasteiger partial charge in [0.05, 0.1) is 0 Å². The first kappa shape index (κ1) is 22.7. The fourth-order valence-electron chi connectivity index (χ4n) is 4.31. The number of ether oxygens (including phenoxy) is 1. The minimum Gasteiger partial charge on any atom is -0.423 e. The van der Waals surface area contributed by atoms with Crippen molar-refractivity contribution in [2.24, 2.45) is 0 Å². The maximum absolute atomic E-state index is 13.5. The fourth-order valence-corrected chi connectivity index (χ4v) is 7.94. The van der Waals surface area contributed by atoms with Crippen LogP contribution in [0.5, 0.6) is 5.75 Å². The molecule has 0 N–H and O–H groups in total. The summed E-state index contributed by atoms with van der Waals surface area (Å²) in [6, 6.07) is 48.6.